The van der Waals surface area contributed by atoms with Crippen molar-refractivity contribution >= 4 is 69.8 Å². The number of nitrogens with zero attached hydrogens (tertiary/aromatic N) is 10. The maximum absolute atomic E-state index is 12.6. The van der Waals surface area contributed by atoms with Crippen LogP contribution in [0.4, 0.5) is 57.6 Å². The molecule has 0 aromatic carbocycles. The molecule has 9 aromatic rings. The van der Waals surface area contributed by atoms with Crippen LogP contribution in [0.3, 0.4) is 0 Å². The third kappa shape index (κ3) is 12.3. The Bertz CT molecular complexity index is 3090. The van der Waals surface area contributed by atoms with Crippen LogP contribution in [-0.2, 0) is 18.5 Å². The highest BCUT2D eigenvalue weighted by atomic mass is 32.1. The molecule has 0 saturated carbocycles. The summed E-state index contributed by atoms with van der Waals surface area (Å²) in [4.78, 5) is 47.1. The molecule has 9 rings (SSSR count). The molecule has 9 heterocycles. The van der Waals surface area contributed by atoms with E-state index < -0.39 is 64.9 Å². The third-order valence-corrected chi connectivity index (χ3v) is 10.3. The molecule has 3 amide bonds. The number of H-pyrrole nitrogens is 1. The standard InChI is InChI=1S/C13H7F3N4O2S.C12H6F3N5O2S.C11H6F3N5O2S/c14-13(15,16)9-5-1-3-7(17-9)10(21)18-12-20-19-11(22-12)8-4-2-6-23-8;13-12(14,15)10-16-4-6(5-17-10)8(21)18-11-20-19-9(22-11)7-2-1-3-23-7;12-11(13,14)7-4-5(16-17-7)8(20)15-10-19-18-9(21-10)6-2-1-3-22-6/h1-6H,(H,18,20,21);1-5H,(H,18,20,21);1-4H,(H,16,17)(H,15,19,20). The lowest BCUT2D eigenvalue weighted by molar-refractivity contribution is -0.145. The van der Waals surface area contributed by atoms with Crippen LogP contribution in [0.5, 0.6) is 0 Å². The Morgan fingerprint density at radius 1 is 0.529 bits per heavy atom. The van der Waals surface area contributed by atoms with Gasteiger partial charge in [-0.3, -0.25) is 35.4 Å². The molecule has 32 heteroatoms. The molecule has 0 radical (unpaired) electrons. The van der Waals surface area contributed by atoms with E-state index in [0.29, 0.717) is 15.8 Å². The molecule has 0 atom stereocenters. The summed E-state index contributed by atoms with van der Waals surface area (Å²) in [6, 6.07) is 13.6. The van der Waals surface area contributed by atoms with Gasteiger partial charge >= 0.3 is 36.6 Å². The Morgan fingerprint density at radius 3 is 1.38 bits per heavy atom. The Labute approximate surface area is 381 Å². The highest BCUT2D eigenvalue weighted by Crippen LogP contribution is 2.31. The Balaban J connectivity index is 0.000000151. The van der Waals surface area contributed by atoms with Gasteiger partial charge in [0.1, 0.15) is 17.1 Å². The second-order valence-corrected chi connectivity index (χ2v) is 15.2. The second kappa shape index (κ2) is 20.1. The fourth-order valence-corrected chi connectivity index (χ4v) is 6.64. The van der Waals surface area contributed by atoms with Crippen molar-refractivity contribution in [3.8, 4) is 32.3 Å². The van der Waals surface area contributed by atoms with Crippen LogP contribution >= 0.6 is 34.0 Å². The number of carbonyl (C=O) groups is 3. The molecule has 4 N–H and O–H groups in total. The summed E-state index contributed by atoms with van der Waals surface area (Å²) in [6.07, 6.45) is -12.4. The fraction of sp³-hybridized carbons (Fsp3) is 0.0833. The van der Waals surface area contributed by atoms with Crippen LogP contribution in [0.25, 0.3) is 32.3 Å². The minimum absolute atomic E-state index is 0.172. The molecule has 0 unspecified atom stereocenters. The first-order valence-corrected chi connectivity index (χ1v) is 20.6. The summed E-state index contributed by atoms with van der Waals surface area (Å²) in [5, 5.41) is 39.2. The first-order valence-electron chi connectivity index (χ1n) is 17.9. The normalized spacial score (nSPS) is 11.5. The quantitative estimate of drug-likeness (QED) is 0.0981. The largest absolute Gasteiger partial charge is 0.451 e. The van der Waals surface area contributed by atoms with Crippen LogP contribution in [0.2, 0.25) is 0 Å². The molecular formula is C36H19F9N14O6S3. The average Bonchev–Trinajstić information content (AvgIpc) is 4.14. The number of anilines is 3. The predicted molar refractivity (Wildman–Crippen MR) is 217 cm³/mol. The van der Waals surface area contributed by atoms with Gasteiger partial charge in [0.05, 0.1) is 20.2 Å². The molecule has 0 aliphatic carbocycles. The van der Waals surface area contributed by atoms with Crippen LogP contribution in [0.15, 0.2) is 102 Å². The zero-order chi connectivity index (χ0) is 48.6. The number of amides is 3. The van der Waals surface area contributed by atoms with Crippen molar-refractivity contribution in [1.29, 1.82) is 0 Å². The zero-order valence-electron chi connectivity index (χ0n) is 32.7. The number of rotatable bonds is 9. The van der Waals surface area contributed by atoms with E-state index in [1.807, 2.05) is 10.8 Å². The number of aromatic nitrogens is 11. The Hall–Kier alpha value is -8.26. The molecule has 0 bridgehead atoms. The van der Waals surface area contributed by atoms with Crippen molar-refractivity contribution in [1.82, 2.24) is 55.7 Å². The van der Waals surface area contributed by atoms with Gasteiger partial charge < -0.3 is 13.3 Å². The van der Waals surface area contributed by atoms with Crippen molar-refractivity contribution in [2.45, 2.75) is 18.5 Å². The van der Waals surface area contributed by atoms with Gasteiger partial charge in [0.25, 0.3) is 35.4 Å². The minimum Gasteiger partial charge on any atom is -0.402 e. The molecule has 0 saturated heterocycles. The summed E-state index contributed by atoms with van der Waals surface area (Å²) >= 11 is 4.10. The van der Waals surface area contributed by atoms with Crippen molar-refractivity contribution in [2.24, 2.45) is 0 Å². The monoisotopic (exact) mass is 1010 g/mol. The third-order valence-electron chi connectivity index (χ3n) is 7.69. The highest BCUT2D eigenvalue weighted by Gasteiger charge is 2.36. The SMILES string of the molecule is O=C(Nc1nnc(-c2cccs2)o1)c1cc(C(F)(F)F)[nH]n1.O=C(Nc1nnc(-c2cccs2)o1)c1cccc(C(F)(F)F)n1.O=C(Nc1nnc(-c2cccs2)o1)c1cnc(C(F)(F)F)nc1. The molecule has 68 heavy (non-hydrogen) atoms. The number of alkyl halides is 9. The second-order valence-electron chi connectivity index (χ2n) is 12.4. The lowest BCUT2D eigenvalue weighted by Gasteiger charge is -2.06. The van der Waals surface area contributed by atoms with Gasteiger partial charge in [-0.2, -0.15) is 44.6 Å². The van der Waals surface area contributed by atoms with E-state index in [0.717, 1.165) is 35.5 Å². The van der Waals surface area contributed by atoms with Gasteiger partial charge in [0.15, 0.2) is 5.69 Å². The number of carbonyl (C=O) groups excluding carboxylic acids is 3. The van der Waals surface area contributed by atoms with Crippen LogP contribution in [-0.4, -0.2) is 73.5 Å². The smallest absolute Gasteiger partial charge is 0.402 e. The number of pyridine rings is 1. The number of thiophene rings is 3. The van der Waals surface area contributed by atoms with Crippen LogP contribution in [0, 0.1) is 0 Å². The van der Waals surface area contributed by atoms with Gasteiger partial charge in [0.2, 0.25) is 5.82 Å². The van der Waals surface area contributed by atoms with Crippen molar-refractivity contribution < 1.29 is 67.1 Å². The molecule has 350 valence electrons. The van der Waals surface area contributed by atoms with Crippen LogP contribution < -0.4 is 16.0 Å². The number of nitrogens with one attached hydrogen (secondary N) is 4. The number of halogens is 9. The summed E-state index contributed by atoms with van der Waals surface area (Å²) < 4.78 is 128. The maximum Gasteiger partial charge on any atom is 0.451 e. The van der Waals surface area contributed by atoms with Gasteiger partial charge in [-0.05, 0) is 46.5 Å². The van der Waals surface area contributed by atoms with Gasteiger partial charge in [0, 0.05) is 18.5 Å². The lowest BCUT2D eigenvalue weighted by Crippen LogP contribution is -2.17. The first-order chi connectivity index (χ1) is 32.3. The molecule has 0 fully saturated rings. The highest BCUT2D eigenvalue weighted by molar-refractivity contribution is 7.14. The molecule has 9 aromatic heterocycles. The van der Waals surface area contributed by atoms with E-state index in [2.05, 4.69) is 66.6 Å². The van der Waals surface area contributed by atoms with Crippen molar-refractivity contribution in [3.63, 3.8) is 0 Å². The summed E-state index contributed by atoms with van der Waals surface area (Å²) in [6.45, 7) is 0. The van der Waals surface area contributed by atoms with Gasteiger partial charge in [-0.1, -0.05) is 39.6 Å². The van der Waals surface area contributed by atoms with E-state index in [4.69, 9.17) is 13.3 Å². The van der Waals surface area contributed by atoms with E-state index in [-0.39, 0.29) is 41.3 Å². The van der Waals surface area contributed by atoms with E-state index in [1.54, 1.807) is 46.9 Å². The fourth-order valence-electron chi connectivity index (χ4n) is 4.71. The maximum atomic E-state index is 12.6. The Kier molecular flexibility index (Phi) is 14.1. The summed E-state index contributed by atoms with van der Waals surface area (Å²) in [5.41, 5.74) is -3.30. The van der Waals surface area contributed by atoms with E-state index in [1.165, 1.54) is 34.0 Å². The number of hydrogen-bond donors (Lipinski definition) is 4. The minimum atomic E-state index is -4.67. The molecular weight excluding hydrogens is 992 g/mol. The average molecular weight is 1010 g/mol. The van der Waals surface area contributed by atoms with E-state index >= 15 is 0 Å². The number of aromatic amines is 1. The van der Waals surface area contributed by atoms with Crippen molar-refractivity contribution in [2.75, 3.05) is 16.0 Å². The predicted octanol–water partition coefficient (Wildman–Crippen LogP) is 9.12. The lowest BCUT2D eigenvalue weighted by atomic mass is 10.3. The zero-order valence-corrected chi connectivity index (χ0v) is 35.2. The molecule has 0 aliphatic heterocycles. The Morgan fingerprint density at radius 2 is 0.985 bits per heavy atom. The van der Waals surface area contributed by atoms with Gasteiger partial charge in [-0.15, -0.1) is 49.3 Å². The first kappa shape index (κ1) is 47.7. The summed E-state index contributed by atoms with van der Waals surface area (Å²) in [7, 11) is 0. The topological polar surface area (TPSA) is 271 Å². The van der Waals surface area contributed by atoms with Crippen LogP contribution in [0.1, 0.15) is 48.5 Å². The van der Waals surface area contributed by atoms with Gasteiger partial charge in [-0.25, -0.2) is 15.0 Å². The van der Waals surface area contributed by atoms with Crippen molar-refractivity contribution in [3.05, 3.63) is 123 Å². The summed E-state index contributed by atoms with van der Waals surface area (Å²) in [5.74, 6) is -3.24. The molecule has 0 spiro atoms. The molecule has 0 aliphatic rings. The number of hydrogen-bond acceptors (Lipinski definition) is 19. The molecule has 20 nitrogen and oxygen atoms in total. The van der Waals surface area contributed by atoms with E-state index in [9.17, 15) is 53.9 Å².